The van der Waals surface area contributed by atoms with Crippen LogP contribution in [0.2, 0.25) is 0 Å². The lowest BCUT2D eigenvalue weighted by atomic mass is 10.2. The van der Waals surface area contributed by atoms with Gasteiger partial charge < -0.3 is 4.42 Å². The third kappa shape index (κ3) is 3.73. The van der Waals surface area contributed by atoms with Crippen molar-refractivity contribution in [3.8, 4) is 11.6 Å². The standard InChI is InChI=1S/C19H22N6O4S/c1-12-6-8-14(9-7-12)30(27,28)25-10-4-5-15(25)17(26)20-19-22-21-18(29-19)16-11-13(2)23-24(16)3/h6-9,11,15H,4-5,10H2,1-3H3,(H,20,22,26)/t15-/m1/s1. The molecule has 0 aliphatic carbocycles. The molecule has 1 saturated heterocycles. The van der Waals surface area contributed by atoms with E-state index in [9.17, 15) is 13.2 Å². The lowest BCUT2D eigenvalue weighted by Gasteiger charge is -2.22. The molecule has 30 heavy (non-hydrogen) atoms. The number of rotatable bonds is 5. The van der Waals surface area contributed by atoms with Crippen molar-refractivity contribution in [2.75, 3.05) is 11.9 Å². The quantitative estimate of drug-likeness (QED) is 0.655. The first-order valence-electron chi connectivity index (χ1n) is 9.49. The van der Waals surface area contributed by atoms with E-state index < -0.39 is 22.0 Å². The van der Waals surface area contributed by atoms with Crippen molar-refractivity contribution >= 4 is 21.9 Å². The zero-order valence-corrected chi connectivity index (χ0v) is 17.7. The average molecular weight is 430 g/mol. The SMILES string of the molecule is Cc1ccc(S(=O)(=O)N2CCC[C@@H]2C(=O)Nc2nnc(-c3cc(C)nn3C)o2)cc1. The van der Waals surface area contributed by atoms with Gasteiger partial charge in [0, 0.05) is 13.6 Å². The van der Waals surface area contributed by atoms with Crippen LogP contribution >= 0.6 is 0 Å². The summed E-state index contributed by atoms with van der Waals surface area (Å²) in [5, 5.41) is 14.6. The summed E-state index contributed by atoms with van der Waals surface area (Å²) >= 11 is 0. The molecule has 0 unspecified atom stereocenters. The van der Waals surface area contributed by atoms with Gasteiger partial charge in [-0.25, -0.2) is 8.42 Å². The molecule has 3 heterocycles. The highest BCUT2D eigenvalue weighted by molar-refractivity contribution is 7.89. The number of benzene rings is 1. The van der Waals surface area contributed by atoms with E-state index in [1.807, 2.05) is 13.8 Å². The molecule has 0 saturated carbocycles. The third-order valence-electron chi connectivity index (χ3n) is 5.01. The van der Waals surface area contributed by atoms with Crippen molar-refractivity contribution in [1.82, 2.24) is 24.3 Å². The van der Waals surface area contributed by atoms with Gasteiger partial charge in [0.2, 0.25) is 15.9 Å². The highest BCUT2D eigenvalue weighted by Gasteiger charge is 2.39. The number of carbonyl (C=O) groups excluding carboxylic acids is 1. The topological polar surface area (TPSA) is 123 Å². The molecule has 0 radical (unpaired) electrons. The number of aromatic nitrogens is 4. The Labute approximate surface area is 174 Å². The fourth-order valence-electron chi connectivity index (χ4n) is 3.51. The van der Waals surface area contributed by atoms with Crippen LogP contribution < -0.4 is 5.32 Å². The van der Waals surface area contributed by atoms with Crippen LogP contribution in [-0.2, 0) is 21.9 Å². The molecule has 1 amide bonds. The van der Waals surface area contributed by atoms with Crippen molar-refractivity contribution in [3.63, 3.8) is 0 Å². The maximum Gasteiger partial charge on any atom is 0.322 e. The summed E-state index contributed by atoms with van der Waals surface area (Å²) in [5.41, 5.74) is 2.37. The van der Waals surface area contributed by atoms with Crippen LogP contribution in [0.15, 0.2) is 39.6 Å². The van der Waals surface area contributed by atoms with Gasteiger partial charge in [0.05, 0.1) is 10.6 Å². The van der Waals surface area contributed by atoms with E-state index in [2.05, 4.69) is 20.6 Å². The van der Waals surface area contributed by atoms with Crippen LogP contribution in [0.25, 0.3) is 11.6 Å². The highest BCUT2D eigenvalue weighted by atomic mass is 32.2. The van der Waals surface area contributed by atoms with E-state index >= 15 is 0 Å². The van der Waals surface area contributed by atoms with Gasteiger partial charge in [0.1, 0.15) is 11.7 Å². The Hall–Kier alpha value is -3.05. The van der Waals surface area contributed by atoms with Crippen molar-refractivity contribution < 1.29 is 17.6 Å². The molecule has 0 bridgehead atoms. The van der Waals surface area contributed by atoms with E-state index in [0.717, 1.165) is 11.3 Å². The minimum absolute atomic E-state index is 0.0894. The number of amides is 1. The molecule has 10 nitrogen and oxygen atoms in total. The van der Waals surface area contributed by atoms with Crippen LogP contribution in [0.4, 0.5) is 6.01 Å². The number of hydrogen-bond acceptors (Lipinski definition) is 7. The molecule has 3 aromatic rings. The molecule has 4 rings (SSSR count). The van der Waals surface area contributed by atoms with Crippen LogP contribution in [0, 0.1) is 13.8 Å². The Morgan fingerprint density at radius 1 is 1.20 bits per heavy atom. The zero-order chi connectivity index (χ0) is 21.5. The fraction of sp³-hybridized carbons (Fsp3) is 0.368. The van der Waals surface area contributed by atoms with Gasteiger partial charge in [-0.2, -0.15) is 9.40 Å². The second-order valence-corrected chi connectivity index (χ2v) is 9.17. The van der Waals surface area contributed by atoms with Gasteiger partial charge >= 0.3 is 6.01 Å². The zero-order valence-electron chi connectivity index (χ0n) is 16.9. The summed E-state index contributed by atoms with van der Waals surface area (Å²) in [6.45, 7) is 4.00. The number of carbonyl (C=O) groups is 1. The molecule has 1 aliphatic heterocycles. The van der Waals surface area contributed by atoms with Crippen molar-refractivity contribution in [1.29, 1.82) is 0 Å². The van der Waals surface area contributed by atoms with Crippen molar-refractivity contribution in [2.24, 2.45) is 7.05 Å². The molecular formula is C19H22N6O4S. The first-order chi connectivity index (χ1) is 14.3. The summed E-state index contributed by atoms with van der Waals surface area (Å²) in [5.74, 6) is -0.288. The lowest BCUT2D eigenvalue weighted by Crippen LogP contribution is -2.43. The van der Waals surface area contributed by atoms with Crippen molar-refractivity contribution in [2.45, 2.75) is 37.6 Å². The molecule has 158 valence electrons. The van der Waals surface area contributed by atoms with Crippen LogP contribution in [-0.4, -0.2) is 51.2 Å². The second kappa shape index (κ2) is 7.65. The van der Waals surface area contributed by atoms with Gasteiger partial charge in [-0.05, 0) is 44.9 Å². The number of sulfonamides is 1. The second-order valence-electron chi connectivity index (χ2n) is 7.28. The van der Waals surface area contributed by atoms with Crippen molar-refractivity contribution in [3.05, 3.63) is 41.6 Å². The van der Waals surface area contributed by atoms with Crippen LogP contribution in [0.5, 0.6) is 0 Å². The summed E-state index contributed by atoms with van der Waals surface area (Å²) in [7, 11) is -2.04. The Bertz CT molecular complexity index is 1180. The van der Waals surface area contributed by atoms with E-state index in [-0.39, 0.29) is 23.3 Å². The molecule has 0 spiro atoms. The van der Waals surface area contributed by atoms with Gasteiger partial charge in [-0.3, -0.25) is 14.8 Å². The summed E-state index contributed by atoms with van der Waals surface area (Å²) in [4.78, 5) is 13.0. The van der Waals surface area contributed by atoms with Gasteiger partial charge in [0.25, 0.3) is 5.89 Å². The third-order valence-corrected chi connectivity index (χ3v) is 6.93. The van der Waals surface area contributed by atoms with Gasteiger partial charge in [0.15, 0.2) is 0 Å². The minimum atomic E-state index is -3.79. The molecule has 2 aromatic heterocycles. The molecule has 1 N–H and O–H groups in total. The largest absolute Gasteiger partial charge is 0.401 e. The number of nitrogens with zero attached hydrogens (tertiary/aromatic N) is 5. The number of nitrogens with one attached hydrogen (secondary N) is 1. The first kappa shape index (κ1) is 20.2. The van der Waals surface area contributed by atoms with E-state index in [1.165, 1.54) is 4.31 Å². The Morgan fingerprint density at radius 3 is 2.60 bits per heavy atom. The molecule has 1 aliphatic rings. The maximum atomic E-state index is 13.0. The average Bonchev–Trinajstić information content (AvgIpc) is 3.42. The number of anilines is 1. The van der Waals surface area contributed by atoms with Gasteiger partial charge in [-0.1, -0.05) is 22.8 Å². The summed E-state index contributed by atoms with van der Waals surface area (Å²) in [6, 6.07) is 7.43. The van der Waals surface area contributed by atoms with E-state index in [0.29, 0.717) is 18.5 Å². The Kier molecular flexibility index (Phi) is 5.16. The van der Waals surface area contributed by atoms with E-state index in [4.69, 9.17) is 4.42 Å². The fourth-order valence-corrected chi connectivity index (χ4v) is 5.17. The van der Waals surface area contributed by atoms with Crippen LogP contribution in [0.1, 0.15) is 24.1 Å². The molecule has 11 heteroatoms. The van der Waals surface area contributed by atoms with Gasteiger partial charge in [-0.15, -0.1) is 5.10 Å². The maximum absolute atomic E-state index is 13.0. The van der Waals surface area contributed by atoms with Crippen LogP contribution in [0.3, 0.4) is 0 Å². The molecule has 1 aromatic carbocycles. The Balaban J connectivity index is 1.52. The van der Waals surface area contributed by atoms with E-state index in [1.54, 1.807) is 42.1 Å². The summed E-state index contributed by atoms with van der Waals surface area (Å²) in [6.07, 6.45) is 1.01. The predicted molar refractivity (Wildman–Crippen MR) is 108 cm³/mol. The number of aryl methyl sites for hydroxylation is 3. The molecular weight excluding hydrogens is 408 g/mol. The first-order valence-corrected chi connectivity index (χ1v) is 10.9. The smallest absolute Gasteiger partial charge is 0.322 e. The summed E-state index contributed by atoms with van der Waals surface area (Å²) < 4.78 is 34.4. The monoisotopic (exact) mass is 430 g/mol. The Morgan fingerprint density at radius 2 is 1.93 bits per heavy atom. The number of hydrogen-bond donors (Lipinski definition) is 1. The normalized spacial score (nSPS) is 17.4. The molecule has 1 atom stereocenters. The minimum Gasteiger partial charge on any atom is -0.401 e. The molecule has 1 fully saturated rings. The highest BCUT2D eigenvalue weighted by Crippen LogP contribution is 2.27. The lowest BCUT2D eigenvalue weighted by molar-refractivity contribution is -0.119. The predicted octanol–water partition coefficient (Wildman–Crippen LogP) is 1.88.